The third kappa shape index (κ3) is 4.76. The quantitative estimate of drug-likeness (QED) is 0.794. The van der Waals surface area contributed by atoms with Crippen LogP contribution in [0, 0.1) is 5.82 Å². The Morgan fingerprint density at radius 2 is 1.82 bits per heavy atom. The van der Waals surface area contributed by atoms with Gasteiger partial charge in [0.25, 0.3) is 0 Å². The first-order valence-corrected chi connectivity index (χ1v) is 10.4. The summed E-state index contributed by atoms with van der Waals surface area (Å²) >= 11 is 0. The number of hydrogen-bond donors (Lipinski definition) is 0. The van der Waals surface area contributed by atoms with Crippen LogP contribution in [0.5, 0.6) is 0 Å². The summed E-state index contributed by atoms with van der Waals surface area (Å²) in [5.74, 6) is 0.338. The van der Waals surface area contributed by atoms with Crippen LogP contribution >= 0.6 is 0 Å². The topological polar surface area (TPSA) is 36.4 Å². The minimum absolute atomic E-state index is 0.216. The molecule has 0 N–H and O–H groups in total. The zero-order valence-electron chi connectivity index (χ0n) is 16.3. The number of likely N-dealkylation sites (tertiary alicyclic amines) is 2. The summed E-state index contributed by atoms with van der Waals surface area (Å²) < 4.78 is 13.1. The number of amides is 1. The van der Waals surface area contributed by atoms with E-state index in [9.17, 15) is 9.18 Å². The molecule has 3 heterocycles. The van der Waals surface area contributed by atoms with Crippen molar-refractivity contribution in [1.29, 1.82) is 0 Å². The number of carbonyl (C=O) groups is 1. The van der Waals surface area contributed by atoms with Gasteiger partial charge < -0.3 is 4.90 Å². The fraction of sp³-hybridized carbons (Fsp3) is 0.478. The number of benzene rings is 1. The number of piperidine rings is 1. The molecule has 2 aromatic rings. The van der Waals surface area contributed by atoms with Crippen molar-refractivity contribution in [3.63, 3.8) is 0 Å². The molecule has 1 atom stereocenters. The SMILES string of the molecule is O=C(CN1CCCC1)N1CCC[C@@H](c2cccc(Cc3ccc(F)cc3)n2)C1. The van der Waals surface area contributed by atoms with Crippen molar-refractivity contribution in [2.45, 2.75) is 38.0 Å². The number of rotatable bonds is 5. The Kier molecular flexibility index (Phi) is 6.01. The summed E-state index contributed by atoms with van der Waals surface area (Å²) in [7, 11) is 0. The third-order valence-electron chi connectivity index (χ3n) is 5.88. The van der Waals surface area contributed by atoms with E-state index in [4.69, 9.17) is 4.98 Å². The van der Waals surface area contributed by atoms with Crippen molar-refractivity contribution in [2.24, 2.45) is 0 Å². The lowest BCUT2D eigenvalue weighted by atomic mass is 9.93. The smallest absolute Gasteiger partial charge is 0.236 e. The molecule has 2 fully saturated rings. The van der Waals surface area contributed by atoms with Crippen molar-refractivity contribution >= 4 is 5.91 Å². The van der Waals surface area contributed by atoms with Gasteiger partial charge in [-0.2, -0.15) is 0 Å². The van der Waals surface area contributed by atoms with Crippen LogP contribution in [0.3, 0.4) is 0 Å². The number of aromatic nitrogens is 1. The second-order valence-corrected chi connectivity index (χ2v) is 8.02. The Labute approximate surface area is 166 Å². The van der Waals surface area contributed by atoms with Crippen LogP contribution in [0.25, 0.3) is 0 Å². The molecule has 1 amide bonds. The highest BCUT2D eigenvalue weighted by molar-refractivity contribution is 5.78. The lowest BCUT2D eigenvalue weighted by Crippen LogP contribution is -2.44. The maximum absolute atomic E-state index is 13.1. The van der Waals surface area contributed by atoms with Crippen LogP contribution in [-0.4, -0.2) is 53.4 Å². The lowest BCUT2D eigenvalue weighted by molar-refractivity contribution is -0.133. The number of nitrogens with zero attached hydrogens (tertiary/aromatic N) is 3. The van der Waals surface area contributed by atoms with E-state index in [1.54, 1.807) is 0 Å². The summed E-state index contributed by atoms with van der Waals surface area (Å²) in [6, 6.07) is 12.7. The van der Waals surface area contributed by atoms with Crippen LogP contribution in [0.15, 0.2) is 42.5 Å². The average Bonchev–Trinajstić information content (AvgIpc) is 3.23. The van der Waals surface area contributed by atoms with E-state index in [2.05, 4.69) is 11.0 Å². The predicted octanol–water partition coefficient (Wildman–Crippen LogP) is 3.61. The Morgan fingerprint density at radius 1 is 1.04 bits per heavy atom. The average molecular weight is 381 g/mol. The standard InChI is InChI=1S/C23H28FN3O/c24-20-10-8-18(9-11-20)15-21-6-3-7-22(25-21)19-5-4-14-27(16-19)23(28)17-26-12-1-2-13-26/h3,6-11,19H,1-2,4-5,12-17H2/t19-/m1/s1. The first-order valence-electron chi connectivity index (χ1n) is 10.4. The summed E-state index contributed by atoms with van der Waals surface area (Å²) in [4.78, 5) is 21.9. The van der Waals surface area contributed by atoms with E-state index in [-0.39, 0.29) is 11.7 Å². The number of hydrogen-bond acceptors (Lipinski definition) is 3. The van der Waals surface area contributed by atoms with Gasteiger partial charge in [-0.15, -0.1) is 0 Å². The van der Waals surface area contributed by atoms with Crippen LogP contribution in [-0.2, 0) is 11.2 Å². The molecule has 148 valence electrons. The highest BCUT2D eigenvalue weighted by atomic mass is 19.1. The molecule has 2 aliphatic rings. The molecular weight excluding hydrogens is 353 g/mol. The van der Waals surface area contributed by atoms with Crippen molar-refractivity contribution in [3.05, 3.63) is 65.2 Å². The minimum Gasteiger partial charge on any atom is -0.341 e. The molecule has 4 nitrogen and oxygen atoms in total. The highest BCUT2D eigenvalue weighted by Gasteiger charge is 2.27. The lowest BCUT2D eigenvalue weighted by Gasteiger charge is -2.33. The Hall–Kier alpha value is -2.27. The van der Waals surface area contributed by atoms with Crippen molar-refractivity contribution in [3.8, 4) is 0 Å². The van der Waals surface area contributed by atoms with Gasteiger partial charge in [0.05, 0.1) is 6.54 Å². The first-order chi connectivity index (χ1) is 13.7. The van der Waals surface area contributed by atoms with E-state index in [1.165, 1.54) is 25.0 Å². The van der Waals surface area contributed by atoms with E-state index >= 15 is 0 Å². The highest BCUT2D eigenvalue weighted by Crippen LogP contribution is 2.26. The molecule has 5 heteroatoms. The molecule has 28 heavy (non-hydrogen) atoms. The third-order valence-corrected chi connectivity index (χ3v) is 5.88. The second kappa shape index (κ2) is 8.82. The van der Waals surface area contributed by atoms with Gasteiger partial charge in [0.1, 0.15) is 5.82 Å². The molecule has 2 saturated heterocycles. The van der Waals surface area contributed by atoms with Gasteiger partial charge in [-0.05, 0) is 68.6 Å². The molecule has 0 radical (unpaired) electrons. The van der Waals surface area contributed by atoms with E-state index in [0.29, 0.717) is 18.9 Å². The fourth-order valence-corrected chi connectivity index (χ4v) is 4.31. The zero-order chi connectivity index (χ0) is 19.3. The molecule has 0 unspecified atom stereocenters. The second-order valence-electron chi connectivity index (χ2n) is 8.02. The summed E-state index contributed by atoms with van der Waals surface area (Å²) in [6.45, 7) is 4.29. The fourth-order valence-electron chi connectivity index (χ4n) is 4.31. The largest absolute Gasteiger partial charge is 0.341 e. The monoisotopic (exact) mass is 381 g/mol. The maximum Gasteiger partial charge on any atom is 0.236 e. The van der Waals surface area contributed by atoms with Crippen molar-refractivity contribution < 1.29 is 9.18 Å². The minimum atomic E-state index is -0.216. The van der Waals surface area contributed by atoms with E-state index in [1.807, 2.05) is 29.2 Å². The molecule has 4 rings (SSSR count). The molecule has 0 spiro atoms. The summed E-state index contributed by atoms with van der Waals surface area (Å²) in [5.41, 5.74) is 3.11. The van der Waals surface area contributed by atoms with Crippen LogP contribution in [0.4, 0.5) is 4.39 Å². The van der Waals surface area contributed by atoms with Crippen LogP contribution in [0.2, 0.25) is 0 Å². The maximum atomic E-state index is 13.1. The molecule has 0 bridgehead atoms. The number of halogens is 1. The van der Waals surface area contributed by atoms with Gasteiger partial charge in [0, 0.05) is 36.8 Å². The van der Waals surface area contributed by atoms with Gasteiger partial charge in [0.2, 0.25) is 5.91 Å². The molecule has 0 aliphatic carbocycles. The molecule has 1 aromatic heterocycles. The van der Waals surface area contributed by atoms with Crippen molar-refractivity contribution in [1.82, 2.24) is 14.8 Å². The molecule has 0 saturated carbocycles. The van der Waals surface area contributed by atoms with E-state index < -0.39 is 0 Å². The predicted molar refractivity (Wildman–Crippen MR) is 108 cm³/mol. The van der Waals surface area contributed by atoms with Crippen LogP contribution < -0.4 is 0 Å². The molecule has 2 aliphatic heterocycles. The van der Waals surface area contributed by atoms with Crippen LogP contribution in [0.1, 0.15) is 48.6 Å². The van der Waals surface area contributed by atoms with Gasteiger partial charge >= 0.3 is 0 Å². The molecular formula is C23H28FN3O. The number of pyridine rings is 1. The summed E-state index contributed by atoms with van der Waals surface area (Å²) in [6.07, 6.45) is 5.21. The summed E-state index contributed by atoms with van der Waals surface area (Å²) in [5, 5.41) is 0. The van der Waals surface area contributed by atoms with Gasteiger partial charge in [-0.3, -0.25) is 14.7 Å². The number of carbonyl (C=O) groups excluding carboxylic acids is 1. The molecule has 1 aromatic carbocycles. The Bertz CT molecular complexity index is 802. The van der Waals surface area contributed by atoms with Gasteiger partial charge in [-0.1, -0.05) is 18.2 Å². The van der Waals surface area contributed by atoms with Crippen molar-refractivity contribution in [2.75, 3.05) is 32.7 Å². The van der Waals surface area contributed by atoms with Gasteiger partial charge in [0.15, 0.2) is 0 Å². The van der Waals surface area contributed by atoms with E-state index in [0.717, 1.165) is 56.0 Å². The Balaban J connectivity index is 1.40. The first kappa shape index (κ1) is 19.1. The Morgan fingerprint density at radius 3 is 2.61 bits per heavy atom. The van der Waals surface area contributed by atoms with Gasteiger partial charge in [-0.25, -0.2) is 4.39 Å². The zero-order valence-corrected chi connectivity index (χ0v) is 16.3. The normalized spacial score (nSPS) is 20.5.